The van der Waals surface area contributed by atoms with E-state index < -0.39 is 17.3 Å². The standard InChI is InChI=1S/C21H21ClF3N5O/c1-29(2)16(10-14-6-4-3-5-7-14)12-26-17-13-28-30(20(31)19(17)22)18-9-8-15(11-27-18)21(23,24)25/h3-9,11,13,16,26H,10,12H2,1-2H3. The number of anilines is 1. The minimum atomic E-state index is -4.52. The molecule has 1 aromatic carbocycles. The average Bonchev–Trinajstić information content (AvgIpc) is 2.74. The van der Waals surface area contributed by atoms with E-state index >= 15 is 0 Å². The summed E-state index contributed by atoms with van der Waals surface area (Å²) in [6, 6.07) is 12.0. The lowest BCUT2D eigenvalue weighted by Crippen LogP contribution is -2.36. The van der Waals surface area contributed by atoms with Gasteiger partial charge in [0.05, 0.1) is 17.4 Å². The predicted molar refractivity (Wildman–Crippen MR) is 114 cm³/mol. The van der Waals surface area contributed by atoms with Gasteiger partial charge in [0.25, 0.3) is 5.56 Å². The number of hydrogen-bond donors (Lipinski definition) is 1. The van der Waals surface area contributed by atoms with Gasteiger partial charge in [-0.25, -0.2) is 4.98 Å². The summed E-state index contributed by atoms with van der Waals surface area (Å²) in [5.41, 5.74) is -0.0732. The smallest absolute Gasteiger partial charge is 0.381 e. The molecule has 0 aliphatic heterocycles. The third kappa shape index (κ3) is 5.62. The summed E-state index contributed by atoms with van der Waals surface area (Å²) in [5.74, 6) is -0.0540. The lowest BCUT2D eigenvalue weighted by Gasteiger charge is -2.25. The van der Waals surface area contributed by atoms with Crippen LogP contribution in [0.5, 0.6) is 0 Å². The van der Waals surface area contributed by atoms with Gasteiger partial charge in [0, 0.05) is 18.8 Å². The first-order valence-corrected chi connectivity index (χ1v) is 9.80. The Morgan fingerprint density at radius 2 is 1.84 bits per heavy atom. The molecule has 0 radical (unpaired) electrons. The molecule has 0 saturated carbocycles. The molecule has 1 atom stereocenters. The molecular weight excluding hydrogens is 431 g/mol. The van der Waals surface area contributed by atoms with Gasteiger partial charge in [0.2, 0.25) is 0 Å². The van der Waals surface area contributed by atoms with E-state index in [1.54, 1.807) is 0 Å². The van der Waals surface area contributed by atoms with Crippen LogP contribution in [0.1, 0.15) is 11.1 Å². The van der Waals surface area contributed by atoms with E-state index in [0.29, 0.717) is 18.4 Å². The number of hydrogen-bond acceptors (Lipinski definition) is 5. The Labute approximate surface area is 182 Å². The summed E-state index contributed by atoms with van der Waals surface area (Å²) in [5, 5.41) is 7.04. The Hall–Kier alpha value is -2.91. The number of likely N-dealkylation sites (N-methyl/N-ethyl adjacent to an activating group) is 1. The Balaban J connectivity index is 1.76. The molecular formula is C21H21ClF3N5O. The minimum Gasteiger partial charge on any atom is -0.381 e. The minimum absolute atomic E-state index is 0.0540. The normalized spacial score (nSPS) is 12.7. The van der Waals surface area contributed by atoms with Crippen LogP contribution >= 0.6 is 11.6 Å². The van der Waals surface area contributed by atoms with Crippen molar-refractivity contribution in [2.24, 2.45) is 0 Å². The number of alkyl halides is 3. The molecule has 0 bridgehead atoms. The third-order valence-electron chi connectivity index (χ3n) is 4.78. The molecule has 0 aliphatic carbocycles. The summed E-state index contributed by atoms with van der Waals surface area (Å²) >= 11 is 6.22. The number of rotatable bonds is 7. The maximum Gasteiger partial charge on any atom is 0.417 e. The second kappa shape index (κ2) is 9.49. The Morgan fingerprint density at radius 3 is 2.42 bits per heavy atom. The molecule has 1 N–H and O–H groups in total. The van der Waals surface area contributed by atoms with E-state index in [1.807, 2.05) is 44.4 Å². The molecule has 0 fully saturated rings. The van der Waals surface area contributed by atoms with Gasteiger partial charge in [-0.2, -0.15) is 23.0 Å². The highest BCUT2D eigenvalue weighted by Gasteiger charge is 2.30. The van der Waals surface area contributed by atoms with Crippen molar-refractivity contribution in [3.05, 3.63) is 81.4 Å². The van der Waals surface area contributed by atoms with E-state index in [-0.39, 0.29) is 16.9 Å². The molecule has 0 amide bonds. The van der Waals surface area contributed by atoms with E-state index in [9.17, 15) is 18.0 Å². The first-order chi connectivity index (χ1) is 14.7. The quantitative estimate of drug-likeness (QED) is 0.590. The fourth-order valence-corrected chi connectivity index (χ4v) is 3.15. The van der Waals surface area contributed by atoms with Crippen LogP contribution in [0.4, 0.5) is 18.9 Å². The van der Waals surface area contributed by atoms with E-state index in [0.717, 1.165) is 23.2 Å². The van der Waals surface area contributed by atoms with Crippen molar-refractivity contribution in [3.8, 4) is 5.82 Å². The first kappa shape index (κ1) is 22.8. The number of nitrogens with zero attached hydrogens (tertiary/aromatic N) is 4. The van der Waals surface area contributed by atoms with Crippen molar-refractivity contribution in [2.75, 3.05) is 26.0 Å². The van der Waals surface area contributed by atoms with Crippen LogP contribution in [0.25, 0.3) is 5.82 Å². The summed E-state index contributed by atoms with van der Waals surface area (Å²) < 4.78 is 39.0. The van der Waals surface area contributed by atoms with Crippen molar-refractivity contribution in [3.63, 3.8) is 0 Å². The van der Waals surface area contributed by atoms with E-state index in [2.05, 4.69) is 20.3 Å². The van der Waals surface area contributed by atoms with Gasteiger partial charge in [-0.1, -0.05) is 41.9 Å². The molecule has 2 heterocycles. The van der Waals surface area contributed by atoms with E-state index in [4.69, 9.17) is 11.6 Å². The van der Waals surface area contributed by atoms with Crippen LogP contribution in [-0.4, -0.2) is 46.3 Å². The van der Waals surface area contributed by atoms with Crippen molar-refractivity contribution in [1.29, 1.82) is 0 Å². The van der Waals surface area contributed by atoms with Gasteiger partial charge in [-0.05, 0) is 38.2 Å². The molecule has 6 nitrogen and oxygen atoms in total. The lowest BCUT2D eigenvalue weighted by atomic mass is 10.1. The summed E-state index contributed by atoms with van der Waals surface area (Å²) in [4.78, 5) is 18.3. The highest BCUT2D eigenvalue weighted by Crippen LogP contribution is 2.28. The molecule has 2 aromatic heterocycles. The molecule has 10 heteroatoms. The number of pyridine rings is 1. The number of nitrogens with one attached hydrogen (secondary N) is 1. The Bertz CT molecular complexity index is 1070. The second-order valence-electron chi connectivity index (χ2n) is 7.18. The lowest BCUT2D eigenvalue weighted by molar-refractivity contribution is -0.137. The van der Waals surface area contributed by atoms with Gasteiger partial charge < -0.3 is 10.2 Å². The molecule has 3 rings (SSSR count). The van der Waals surface area contributed by atoms with Gasteiger partial charge >= 0.3 is 6.18 Å². The third-order valence-corrected chi connectivity index (χ3v) is 5.15. The van der Waals surface area contributed by atoms with Gasteiger partial charge in [0.1, 0.15) is 5.02 Å². The Morgan fingerprint density at radius 1 is 1.13 bits per heavy atom. The van der Waals surface area contributed by atoms with Crippen molar-refractivity contribution in [2.45, 2.75) is 18.6 Å². The maximum absolute atomic E-state index is 12.7. The summed E-state index contributed by atoms with van der Waals surface area (Å²) in [6.45, 7) is 0.505. The largest absolute Gasteiger partial charge is 0.417 e. The zero-order valence-corrected chi connectivity index (χ0v) is 17.7. The van der Waals surface area contributed by atoms with Crippen LogP contribution < -0.4 is 10.9 Å². The highest BCUT2D eigenvalue weighted by atomic mass is 35.5. The van der Waals surface area contributed by atoms with Gasteiger partial charge in [0.15, 0.2) is 5.82 Å². The van der Waals surface area contributed by atoms with E-state index in [1.165, 1.54) is 11.8 Å². The predicted octanol–water partition coefficient (Wildman–Crippen LogP) is 3.88. The zero-order valence-electron chi connectivity index (χ0n) is 16.9. The van der Waals surface area contributed by atoms with Crippen LogP contribution in [0, 0.1) is 0 Å². The fourth-order valence-electron chi connectivity index (χ4n) is 2.95. The number of aromatic nitrogens is 3. The van der Waals surface area contributed by atoms with Gasteiger partial charge in [-0.3, -0.25) is 4.79 Å². The van der Waals surface area contributed by atoms with Crippen LogP contribution in [0.3, 0.4) is 0 Å². The highest BCUT2D eigenvalue weighted by molar-refractivity contribution is 6.32. The maximum atomic E-state index is 12.7. The second-order valence-corrected chi connectivity index (χ2v) is 7.56. The van der Waals surface area contributed by atoms with Crippen LogP contribution in [-0.2, 0) is 12.6 Å². The van der Waals surface area contributed by atoms with Crippen LogP contribution in [0.2, 0.25) is 5.02 Å². The molecule has 0 spiro atoms. The summed E-state index contributed by atoms with van der Waals surface area (Å²) in [7, 11) is 3.92. The van der Waals surface area contributed by atoms with Crippen molar-refractivity contribution >= 4 is 17.3 Å². The summed E-state index contributed by atoms with van der Waals surface area (Å²) in [6.07, 6.45) is -1.72. The molecule has 31 heavy (non-hydrogen) atoms. The number of benzene rings is 1. The molecule has 0 aliphatic rings. The van der Waals surface area contributed by atoms with Crippen LogP contribution in [0.15, 0.2) is 59.7 Å². The first-order valence-electron chi connectivity index (χ1n) is 9.42. The van der Waals surface area contributed by atoms with Crippen molar-refractivity contribution in [1.82, 2.24) is 19.7 Å². The monoisotopic (exact) mass is 451 g/mol. The molecule has 164 valence electrons. The zero-order chi connectivity index (χ0) is 22.6. The van der Waals surface area contributed by atoms with Crippen molar-refractivity contribution < 1.29 is 13.2 Å². The average molecular weight is 452 g/mol. The molecule has 1 unspecified atom stereocenters. The molecule has 0 saturated heterocycles. The Kier molecular flexibility index (Phi) is 6.97. The number of halogens is 4. The van der Waals surface area contributed by atoms with Gasteiger partial charge in [-0.15, -0.1) is 0 Å². The fraction of sp³-hybridized carbons (Fsp3) is 0.286. The SMILES string of the molecule is CN(C)C(CNc1cnn(-c2ccc(C(F)(F)F)cn2)c(=O)c1Cl)Cc1ccccc1. The molecule has 3 aromatic rings. The topological polar surface area (TPSA) is 63.1 Å².